The molecule has 2 bridgehead atoms. The largest absolute Gasteiger partial charge is 0.481 e. The number of carbonyl (C=O) groups is 1. The van der Waals surface area contributed by atoms with Crippen molar-refractivity contribution in [1.29, 1.82) is 0 Å². The van der Waals surface area contributed by atoms with E-state index in [1.807, 2.05) is 6.07 Å². The number of carboxylic acids is 1. The molecule has 2 N–H and O–H groups in total. The number of anilines is 1. The van der Waals surface area contributed by atoms with Crippen molar-refractivity contribution < 1.29 is 14.3 Å². The molecule has 28 heavy (non-hydrogen) atoms. The third kappa shape index (κ3) is 3.24. The van der Waals surface area contributed by atoms with Crippen molar-refractivity contribution in [3.8, 4) is 10.6 Å². The summed E-state index contributed by atoms with van der Waals surface area (Å²) in [6.07, 6.45) is 6.26. The summed E-state index contributed by atoms with van der Waals surface area (Å²) in [7, 11) is 0. The molecule has 148 valence electrons. The number of nitrogens with zero attached hydrogens (tertiary/aromatic N) is 2. The predicted octanol–water partition coefficient (Wildman–Crippen LogP) is 5.29. The van der Waals surface area contributed by atoms with E-state index in [1.54, 1.807) is 11.3 Å². The maximum Gasteiger partial charge on any atom is 0.308 e. The van der Waals surface area contributed by atoms with Crippen LogP contribution in [0.2, 0.25) is 0 Å². The Bertz CT molecular complexity index is 924. The Hall–Kier alpha value is -1.54. The van der Waals surface area contributed by atoms with E-state index in [-0.39, 0.29) is 29.4 Å². The molecule has 4 aliphatic rings. The van der Waals surface area contributed by atoms with Gasteiger partial charge in [-0.15, -0.1) is 11.3 Å². The third-order valence-corrected chi connectivity index (χ3v) is 8.08. The Labute approximate surface area is 174 Å². The molecule has 0 spiro atoms. The Morgan fingerprint density at radius 1 is 1.14 bits per heavy atom. The SMILES string of the molecule is O=C(O)C1C2CCC(CC2)C1Nc1nc(Br)nc(-c2ccc(C3CC3)s2)c1F. The van der Waals surface area contributed by atoms with Crippen LogP contribution in [0.15, 0.2) is 16.9 Å². The minimum absolute atomic E-state index is 0.0991. The van der Waals surface area contributed by atoms with E-state index in [9.17, 15) is 9.90 Å². The topological polar surface area (TPSA) is 75.1 Å². The quantitative estimate of drug-likeness (QED) is 0.586. The molecule has 6 rings (SSSR count). The van der Waals surface area contributed by atoms with E-state index in [0.717, 1.165) is 30.6 Å². The lowest BCUT2D eigenvalue weighted by molar-refractivity contribution is -0.148. The summed E-state index contributed by atoms with van der Waals surface area (Å²) in [6.45, 7) is 0. The van der Waals surface area contributed by atoms with Gasteiger partial charge in [-0.05, 0) is 84.3 Å². The molecule has 2 unspecified atom stereocenters. The number of fused-ring (bicyclic) bond motifs is 3. The van der Waals surface area contributed by atoms with Gasteiger partial charge in [0.15, 0.2) is 16.4 Å². The highest BCUT2D eigenvalue weighted by Gasteiger charge is 2.47. The van der Waals surface area contributed by atoms with Gasteiger partial charge >= 0.3 is 5.97 Å². The normalized spacial score (nSPS) is 29.1. The first-order valence-corrected chi connectivity index (χ1v) is 11.4. The smallest absolute Gasteiger partial charge is 0.308 e. The van der Waals surface area contributed by atoms with E-state index in [2.05, 4.69) is 37.3 Å². The van der Waals surface area contributed by atoms with Crippen LogP contribution in [0.1, 0.15) is 49.3 Å². The molecule has 5 nitrogen and oxygen atoms in total. The van der Waals surface area contributed by atoms with Gasteiger partial charge in [0.2, 0.25) is 0 Å². The van der Waals surface area contributed by atoms with Crippen molar-refractivity contribution in [3.63, 3.8) is 0 Å². The Morgan fingerprint density at radius 2 is 1.86 bits per heavy atom. The Balaban J connectivity index is 1.48. The van der Waals surface area contributed by atoms with E-state index >= 15 is 4.39 Å². The zero-order valence-electron chi connectivity index (χ0n) is 15.2. The fourth-order valence-corrected chi connectivity index (χ4v) is 6.43. The fourth-order valence-electron chi connectivity index (χ4n) is 4.92. The highest BCUT2D eigenvalue weighted by Crippen LogP contribution is 2.47. The minimum atomic E-state index is -0.798. The molecule has 0 amide bonds. The lowest BCUT2D eigenvalue weighted by Gasteiger charge is -2.47. The molecule has 4 saturated carbocycles. The van der Waals surface area contributed by atoms with Crippen molar-refractivity contribution in [2.45, 2.75) is 50.5 Å². The van der Waals surface area contributed by atoms with Crippen molar-refractivity contribution in [2.24, 2.45) is 17.8 Å². The van der Waals surface area contributed by atoms with Gasteiger partial charge in [0, 0.05) is 10.9 Å². The van der Waals surface area contributed by atoms with Gasteiger partial charge < -0.3 is 10.4 Å². The number of thiophene rings is 1. The zero-order valence-corrected chi connectivity index (χ0v) is 17.6. The molecular weight excluding hydrogens is 445 g/mol. The van der Waals surface area contributed by atoms with Crippen LogP contribution in [0.4, 0.5) is 10.2 Å². The Kier molecular flexibility index (Phi) is 4.66. The van der Waals surface area contributed by atoms with Crippen LogP contribution in [0.3, 0.4) is 0 Å². The number of nitrogens with one attached hydrogen (secondary N) is 1. The van der Waals surface area contributed by atoms with Crippen molar-refractivity contribution in [1.82, 2.24) is 9.97 Å². The first-order chi connectivity index (χ1) is 13.5. The van der Waals surface area contributed by atoms with Crippen molar-refractivity contribution in [2.75, 3.05) is 5.32 Å². The second-order valence-corrected chi connectivity index (χ2v) is 10.0. The predicted molar refractivity (Wildman–Crippen MR) is 109 cm³/mol. The molecule has 2 atom stereocenters. The number of halogens is 2. The van der Waals surface area contributed by atoms with Crippen LogP contribution in [0.25, 0.3) is 10.6 Å². The monoisotopic (exact) mass is 465 g/mol. The molecule has 0 aromatic carbocycles. The summed E-state index contributed by atoms with van der Waals surface area (Å²) in [5.41, 5.74) is 0.272. The van der Waals surface area contributed by atoms with Gasteiger partial charge in [-0.1, -0.05) is 0 Å². The van der Waals surface area contributed by atoms with E-state index in [1.165, 1.54) is 17.7 Å². The highest BCUT2D eigenvalue weighted by molar-refractivity contribution is 9.10. The molecule has 0 aliphatic heterocycles. The number of aromatic nitrogens is 2. The lowest BCUT2D eigenvalue weighted by Crippen LogP contribution is -2.51. The molecule has 2 aromatic rings. The summed E-state index contributed by atoms with van der Waals surface area (Å²) in [4.78, 5) is 22.4. The van der Waals surface area contributed by atoms with Crippen LogP contribution in [0, 0.1) is 23.6 Å². The van der Waals surface area contributed by atoms with Gasteiger partial charge in [0.25, 0.3) is 0 Å². The third-order valence-electron chi connectivity index (χ3n) is 6.47. The van der Waals surface area contributed by atoms with Crippen LogP contribution in [-0.4, -0.2) is 27.1 Å². The van der Waals surface area contributed by atoms with Gasteiger partial charge in [0.05, 0.1) is 10.8 Å². The van der Waals surface area contributed by atoms with Crippen LogP contribution >= 0.6 is 27.3 Å². The minimum Gasteiger partial charge on any atom is -0.481 e. The van der Waals surface area contributed by atoms with Crippen molar-refractivity contribution >= 4 is 39.1 Å². The summed E-state index contributed by atoms with van der Waals surface area (Å²) in [6, 6.07) is 3.68. The maximum atomic E-state index is 15.3. The van der Waals surface area contributed by atoms with Crippen LogP contribution < -0.4 is 5.32 Å². The standard InChI is InChI=1S/C20H21BrFN3O2S/c21-20-24-17(13-8-7-12(28-13)9-1-2-9)15(22)18(25-20)23-16-11-5-3-10(4-6-11)14(16)19(26)27/h7-11,14,16H,1-6H2,(H,26,27)(H,23,24,25). The molecule has 2 heterocycles. The van der Waals surface area contributed by atoms with Gasteiger partial charge in [-0.3, -0.25) is 4.79 Å². The molecule has 2 aromatic heterocycles. The molecular formula is C20H21BrFN3O2S. The Morgan fingerprint density at radius 3 is 2.54 bits per heavy atom. The van der Waals surface area contributed by atoms with Gasteiger partial charge in [-0.2, -0.15) is 0 Å². The lowest BCUT2D eigenvalue weighted by atomic mass is 9.61. The first-order valence-electron chi connectivity index (χ1n) is 9.83. The van der Waals surface area contributed by atoms with E-state index in [0.29, 0.717) is 10.7 Å². The van der Waals surface area contributed by atoms with E-state index < -0.39 is 17.7 Å². The summed E-state index contributed by atoms with van der Waals surface area (Å²) >= 11 is 4.88. The summed E-state index contributed by atoms with van der Waals surface area (Å²) in [5.74, 6) is -0.684. The van der Waals surface area contributed by atoms with Crippen LogP contribution in [0.5, 0.6) is 0 Å². The molecule has 8 heteroatoms. The van der Waals surface area contributed by atoms with E-state index in [4.69, 9.17) is 0 Å². The number of aliphatic carboxylic acids is 1. The second-order valence-electron chi connectivity index (χ2n) is 8.19. The second kappa shape index (κ2) is 7.06. The maximum absolute atomic E-state index is 15.3. The summed E-state index contributed by atoms with van der Waals surface area (Å²) < 4.78 is 15.6. The van der Waals surface area contributed by atoms with Crippen LogP contribution in [-0.2, 0) is 4.79 Å². The first kappa shape index (κ1) is 18.5. The highest BCUT2D eigenvalue weighted by atomic mass is 79.9. The zero-order chi connectivity index (χ0) is 19.4. The molecule has 4 fully saturated rings. The number of hydrogen-bond donors (Lipinski definition) is 2. The summed E-state index contributed by atoms with van der Waals surface area (Å²) in [5, 5.41) is 12.9. The molecule has 0 saturated heterocycles. The van der Waals surface area contributed by atoms with Gasteiger partial charge in [0.1, 0.15) is 5.69 Å². The molecule has 4 aliphatic carbocycles. The molecule has 0 radical (unpaired) electrons. The number of carboxylic acid groups (broad SMARTS) is 1. The van der Waals surface area contributed by atoms with Gasteiger partial charge in [-0.25, -0.2) is 14.4 Å². The number of rotatable bonds is 5. The van der Waals surface area contributed by atoms with Crippen molar-refractivity contribution in [3.05, 3.63) is 27.6 Å². The average Bonchev–Trinajstić information content (AvgIpc) is 3.42. The fraction of sp³-hybridized carbons (Fsp3) is 0.550. The number of hydrogen-bond acceptors (Lipinski definition) is 5. The average molecular weight is 466 g/mol.